The molecule has 1 atom stereocenters. The van der Waals surface area contributed by atoms with Crippen molar-refractivity contribution in [1.82, 2.24) is 9.55 Å². The molecule has 0 bridgehead atoms. The van der Waals surface area contributed by atoms with E-state index < -0.39 is 0 Å². The Kier molecular flexibility index (Phi) is 4.43. The van der Waals surface area contributed by atoms with Crippen molar-refractivity contribution in [2.45, 2.75) is 18.0 Å². The summed E-state index contributed by atoms with van der Waals surface area (Å²) < 4.78 is 2.04. The molecule has 0 aliphatic carbocycles. The van der Waals surface area contributed by atoms with E-state index in [0.29, 0.717) is 18.6 Å². The van der Waals surface area contributed by atoms with Crippen LogP contribution in [0.1, 0.15) is 12.8 Å². The second-order valence-electron chi connectivity index (χ2n) is 4.28. The number of aromatic nitrogens is 2. The molecule has 0 aliphatic heterocycles. The quantitative estimate of drug-likeness (QED) is 0.783. The molecule has 0 N–H and O–H groups in total. The lowest BCUT2D eigenvalue weighted by atomic mass is 10.1. The first-order valence-corrected chi connectivity index (χ1v) is 7.05. The molecular weight excluding hydrogens is 256 g/mol. The monoisotopic (exact) mass is 270 g/mol. The molecule has 1 aromatic heterocycles. The Morgan fingerprint density at radius 2 is 2.16 bits per heavy atom. The van der Waals surface area contributed by atoms with Crippen molar-refractivity contribution in [1.29, 1.82) is 10.5 Å². The van der Waals surface area contributed by atoms with E-state index in [1.54, 1.807) is 11.8 Å². The molecule has 5 heteroatoms. The zero-order chi connectivity index (χ0) is 13.7. The molecule has 0 aliphatic rings. The van der Waals surface area contributed by atoms with E-state index in [2.05, 4.69) is 17.1 Å². The van der Waals surface area contributed by atoms with Crippen molar-refractivity contribution < 1.29 is 0 Å². The maximum Gasteiger partial charge on any atom is 0.168 e. The number of rotatable bonds is 5. The smallest absolute Gasteiger partial charge is 0.168 e. The first-order chi connectivity index (χ1) is 9.26. The lowest BCUT2D eigenvalue weighted by Crippen LogP contribution is -2.01. The van der Waals surface area contributed by atoms with Crippen molar-refractivity contribution in [3.63, 3.8) is 0 Å². The van der Waals surface area contributed by atoms with Gasteiger partial charge in [-0.3, -0.25) is 0 Å². The van der Waals surface area contributed by atoms with Crippen LogP contribution >= 0.6 is 11.8 Å². The molecule has 4 nitrogen and oxygen atoms in total. The number of thioether (sulfide) groups is 1. The Balaban J connectivity index is 2.08. The largest absolute Gasteiger partial charge is 0.322 e. The molecule has 19 heavy (non-hydrogen) atoms. The van der Waals surface area contributed by atoms with Crippen molar-refractivity contribution in [2.24, 2.45) is 13.0 Å². The van der Waals surface area contributed by atoms with Gasteiger partial charge in [0.15, 0.2) is 5.16 Å². The van der Waals surface area contributed by atoms with Crippen LogP contribution < -0.4 is 0 Å². The van der Waals surface area contributed by atoms with Crippen LogP contribution in [0, 0.1) is 28.6 Å². The highest BCUT2D eigenvalue weighted by Gasteiger charge is 2.12. The summed E-state index contributed by atoms with van der Waals surface area (Å²) in [5, 5.41) is 18.5. The highest BCUT2D eigenvalue weighted by atomic mass is 32.2. The van der Waals surface area contributed by atoms with E-state index in [4.69, 9.17) is 10.5 Å². The number of imidazole rings is 1. The van der Waals surface area contributed by atoms with E-state index in [-0.39, 0.29) is 5.92 Å². The van der Waals surface area contributed by atoms with Gasteiger partial charge in [0.1, 0.15) is 0 Å². The van der Waals surface area contributed by atoms with Gasteiger partial charge in [0.2, 0.25) is 0 Å². The summed E-state index contributed by atoms with van der Waals surface area (Å²) in [6, 6.07) is 12.3. The number of nitriles is 2. The fourth-order valence-electron chi connectivity index (χ4n) is 1.85. The SMILES string of the molecule is Cn1c(SC[C@H](C#N)CCC#N)nc2ccccc21. The molecule has 0 saturated carbocycles. The van der Waals surface area contributed by atoms with Gasteiger partial charge in [-0.05, 0) is 18.6 Å². The molecular formula is C14H14N4S. The van der Waals surface area contributed by atoms with E-state index in [1.807, 2.05) is 35.9 Å². The summed E-state index contributed by atoms with van der Waals surface area (Å²) in [5.74, 6) is 0.583. The fraction of sp³-hybridized carbons (Fsp3) is 0.357. The summed E-state index contributed by atoms with van der Waals surface area (Å²) in [5.41, 5.74) is 2.06. The first kappa shape index (κ1) is 13.5. The number of aryl methyl sites for hydroxylation is 1. The third kappa shape index (κ3) is 3.07. The van der Waals surface area contributed by atoms with Crippen molar-refractivity contribution >= 4 is 22.8 Å². The number of hydrogen-bond acceptors (Lipinski definition) is 4. The minimum atomic E-state index is -0.0931. The van der Waals surface area contributed by atoms with Gasteiger partial charge in [0.05, 0.1) is 29.1 Å². The van der Waals surface area contributed by atoms with Gasteiger partial charge in [-0.25, -0.2) is 4.98 Å². The Hall–Kier alpha value is -1.98. The van der Waals surface area contributed by atoms with Crippen molar-refractivity contribution in [3.8, 4) is 12.1 Å². The summed E-state index contributed by atoms with van der Waals surface area (Å²) in [6.45, 7) is 0. The van der Waals surface area contributed by atoms with Crippen molar-refractivity contribution in [2.75, 3.05) is 5.75 Å². The second kappa shape index (κ2) is 6.26. The van der Waals surface area contributed by atoms with Crippen LogP contribution in [0.4, 0.5) is 0 Å². The molecule has 0 unspecified atom stereocenters. The van der Waals surface area contributed by atoms with E-state index in [9.17, 15) is 0 Å². The Morgan fingerprint density at radius 1 is 1.37 bits per heavy atom. The second-order valence-corrected chi connectivity index (χ2v) is 5.26. The number of para-hydroxylation sites is 2. The van der Waals surface area contributed by atoms with Crippen LogP contribution in [-0.4, -0.2) is 15.3 Å². The van der Waals surface area contributed by atoms with Gasteiger partial charge in [-0.15, -0.1) is 0 Å². The molecule has 0 radical (unpaired) electrons. The number of benzene rings is 1. The summed E-state index contributed by atoms with van der Waals surface area (Å²) in [7, 11) is 1.98. The lowest BCUT2D eigenvalue weighted by molar-refractivity contribution is 0.682. The van der Waals surface area contributed by atoms with Crippen LogP contribution in [0.2, 0.25) is 0 Å². The third-order valence-corrected chi connectivity index (χ3v) is 4.14. The van der Waals surface area contributed by atoms with Gasteiger partial charge in [-0.2, -0.15) is 10.5 Å². The van der Waals surface area contributed by atoms with Gasteiger partial charge < -0.3 is 4.57 Å². The summed E-state index contributed by atoms with van der Waals surface area (Å²) in [6.07, 6.45) is 1.06. The molecule has 1 aromatic carbocycles. The van der Waals surface area contributed by atoms with Gasteiger partial charge >= 0.3 is 0 Å². The maximum absolute atomic E-state index is 9.04. The minimum Gasteiger partial charge on any atom is -0.322 e. The molecule has 0 fully saturated rings. The number of fused-ring (bicyclic) bond motifs is 1. The maximum atomic E-state index is 9.04. The fourth-order valence-corrected chi connectivity index (χ4v) is 2.90. The predicted octanol–water partition coefficient (Wildman–Crippen LogP) is 3.11. The Morgan fingerprint density at radius 3 is 2.84 bits per heavy atom. The zero-order valence-electron chi connectivity index (χ0n) is 10.7. The third-order valence-electron chi connectivity index (χ3n) is 2.95. The predicted molar refractivity (Wildman–Crippen MR) is 75.4 cm³/mol. The Labute approximate surface area is 116 Å². The minimum absolute atomic E-state index is 0.0931. The van der Waals surface area contributed by atoms with Crippen LogP contribution in [0.15, 0.2) is 29.4 Å². The van der Waals surface area contributed by atoms with Gasteiger partial charge in [-0.1, -0.05) is 23.9 Å². The molecule has 0 spiro atoms. The van der Waals surface area contributed by atoms with E-state index >= 15 is 0 Å². The van der Waals surface area contributed by atoms with Crippen LogP contribution in [0.25, 0.3) is 11.0 Å². The van der Waals surface area contributed by atoms with Crippen LogP contribution in [0.5, 0.6) is 0 Å². The topological polar surface area (TPSA) is 65.4 Å². The normalized spacial score (nSPS) is 11.9. The molecule has 0 saturated heterocycles. The average Bonchev–Trinajstić information content (AvgIpc) is 2.76. The first-order valence-electron chi connectivity index (χ1n) is 6.07. The summed E-state index contributed by atoms with van der Waals surface area (Å²) in [4.78, 5) is 4.55. The standard InChI is InChI=1S/C14H14N4S/c1-18-13-7-3-2-6-12(13)17-14(18)19-10-11(9-16)5-4-8-15/h2-3,6-7,11H,4-5,10H2,1H3/t11-/m0/s1. The highest BCUT2D eigenvalue weighted by molar-refractivity contribution is 7.99. The van der Waals surface area contributed by atoms with Crippen LogP contribution in [0.3, 0.4) is 0 Å². The molecule has 2 aromatic rings. The van der Waals surface area contributed by atoms with Crippen LogP contribution in [-0.2, 0) is 7.05 Å². The number of hydrogen-bond donors (Lipinski definition) is 0. The molecule has 2 rings (SSSR count). The van der Waals surface area contributed by atoms with E-state index in [0.717, 1.165) is 16.2 Å². The molecule has 96 valence electrons. The van der Waals surface area contributed by atoms with Gasteiger partial charge in [0, 0.05) is 19.2 Å². The van der Waals surface area contributed by atoms with Gasteiger partial charge in [0.25, 0.3) is 0 Å². The number of nitrogens with zero attached hydrogens (tertiary/aromatic N) is 4. The summed E-state index contributed by atoms with van der Waals surface area (Å²) >= 11 is 1.58. The van der Waals surface area contributed by atoms with Crippen molar-refractivity contribution in [3.05, 3.63) is 24.3 Å². The average molecular weight is 270 g/mol. The lowest BCUT2D eigenvalue weighted by Gasteiger charge is -2.06. The van der Waals surface area contributed by atoms with E-state index in [1.165, 1.54) is 0 Å². The Bertz CT molecular complexity index is 647. The zero-order valence-corrected chi connectivity index (χ0v) is 11.5. The molecule has 1 heterocycles. The highest BCUT2D eigenvalue weighted by Crippen LogP contribution is 2.25. The molecule has 0 amide bonds.